The van der Waals surface area contributed by atoms with Crippen molar-refractivity contribution in [3.8, 4) is 0 Å². The van der Waals surface area contributed by atoms with Gasteiger partial charge in [-0.25, -0.2) is 9.50 Å². The third kappa shape index (κ3) is 3.71. The van der Waals surface area contributed by atoms with Crippen molar-refractivity contribution in [1.82, 2.24) is 19.6 Å². The first-order chi connectivity index (χ1) is 13.1. The van der Waals surface area contributed by atoms with Crippen LogP contribution in [0.5, 0.6) is 0 Å². The van der Waals surface area contributed by atoms with Gasteiger partial charge >= 0.3 is 5.97 Å². The molecule has 138 valence electrons. The van der Waals surface area contributed by atoms with Gasteiger partial charge in [-0.05, 0) is 24.8 Å². The highest BCUT2D eigenvalue weighted by Crippen LogP contribution is 2.32. The lowest BCUT2D eigenvalue weighted by molar-refractivity contribution is -0.139. The molecule has 0 fully saturated rings. The molecule has 0 saturated carbocycles. The Morgan fingerprint density at radius 1 is 1.26 bits per heavy atom. The van der Waals surface area contributed by atoms with Crippen molar-refractivity contribution in [3.05, 3.63) is 53.3 Å². The molecule has 0 bridgehead atoms. The fraction of sp³-hybridized carbons (Fsp3) is 0.316. The van der Waals surface area contributed by atoms with E-state index in [0.717, 1.165) is 11.3 Å². The standard InChI is InChI=1S/C19H18N4O3S/c1-2-26-17(25)11-27-19-21-18-20-15-8-13(12-6-4-3-5-7-12)9-16(24)14(15)10-23(18)22-19/h3-7,10,13H,2,8-9,11H2,1H3/t13-/m1/s1. The second-order valence-corrected chi connectivity index (χ2v) is 7.22. The Hall–Kier alpha value is -2.74. The fourth-order valence-electron chi connectivity index (χ4n) is 3.21. The van der Waals surface area contributed by atoms with Crippen LogP contribution in [0.25, 0.3) is 5.78 Å². The molecule has 0 spiro atoms. The molecule has 1 aliphatic carbocycles. The number of benzene rings is 1. The lowest BCUT2D eigenvalue weighted by Crippen LogP contribution is -2.21. The summed E-state index contributed by atoms with van der Waals surface area (Å²) in [6, 6.07) is 10.0. The van der Waals surface area contributed by atoms with Gasteiger partial charge in [0.25, 0.3) is 5.78 Å². The molecule has 1 aliphatic rings. The van der Waals surface area contributed by atoms with Crippen molar-refractivity contribution in [2.24, 2.45) is 0 Å². The van der Waals surface area contributed by atoms with Gasteiger partial charge in [0.15, 0.2) is 5.78 Å². The van der Waals surface area contributed by atoms with Crippen LogP contribution >= 0.6 is 11.8 Å². The van der Waals surface area contributed by atoms with E-state index in [1.807, 2.05) is 30.3 Å². The van der Waals surface area contributed by atoms with Crippen LogP contribution in [-0.2, 0) is 16.0 Å². The topological polar surface area (TPSA) is 86.4 Å². The number of carbonyl (C=O) groups excluding carboxylic acids is 2. The van der Waals surface area contributed by atoms with Crippen molar-refractivity contribution in [1.29, 1.82) is 0 Å². The SMILES string of the molecule is CCOC(=O)CSc1nc2nc3c(cn2n1)C(=O)C[C@H](c1ccccc1)C3. The first kappa shape index (κ1) is 17.7. The number of ether oxygens (including phenoxy) is 1. The number of rotatable bonds is 5. The molecule has 1 atom stereocenters. The molecular formula is C19H18N4O3S. The molecule has 4 rings (SSSR count). The zero-order chi connectivity index (χ0) is 18.8. The van der Waals surface area contributed by atoms with E-state index in [0.29, 0.717) is 35.9 Å². The maximum Gasteiger partial charge on any atom is 0.316 e. The van der Waals surface area contributed by atoms with Crippen LogP contribution in [0.2, 0.25) is 0 Å². The number of thioether (sulfide) groups is 1. The highest BCUT2D eigenvalue weighted by molar-refractivity contribution is 7.99. The average molecular weight is 382 g/mol. The van der Waals surface area contributed by atoms with Gasteiger partial charge in [-0.15, -0.1) is 5.10 Å². The van der Waals surface area contributed by atoms with Crippen molar-refractivity contribution in [3.63, 3.8) is 0 Å². The molecule has 1 aromatic carbocycles. The quantitative estimate of drug-likeness (QED) is 0.495. The highest BCUT2D eigenvalue weighted by atomic mass is 32.2. The summed E-state index contributed by atoms with van der Waals surface area (Å²) in [5, 5.41) is 4.75. The van der Waals surface area contributed by atoms with Gasteiger partial charge in [-0.1, -0.05) is 42.1 Å². The Morgan fingerprint density at radius 3 is 2.85 bits per heavy atom. The van der Waals surface area contributed by atoms with Crippen LogP contribution in [0.4, 0.5) is 0 Å². The molecular weight excluding hydrogens is 364 g/mol. The second-order valence-electron chi connectivity index (χ2n) is 6.27. The maximum absolute atomic E-state index is 12.6. The van der Waals surface area contributed by atoms with Crippen molar-refractivity contribution in [2.75, 3.05) is 12.4 Å². The van der Waals surface area contributed by atoms with E-state index < -0.39 is 0 Å². The summed E-state index contributed by atoms with van der Waals surface area (Å²) < 4.78 is 6.41. The minimum absolute atomic E-state index is 0.0655. The molecule has 0 amide bonds. The lowest BCUT2D eigenvalue weighted by atomic mass is 9.82. The van der Waals surface area contributed by atoms with Gasteiger partial charge in [0.05, 0.1) is 23.6 Å². The summed E-state index contributed by atoms with van der Waals surface area (Å²) in [5.41, 5.74) is 2.49. The summed E-state index contributed by atoms with van der Waals surface area (Å²) in [6.07, 6.45) is 2.85. The Kier molecular flexibility index (Phi) is 4.89. The van der Waals surface area contributed by atoms with Crippen LogP contribution < -0.4 is 0 Å². The van der Waals surface area contributed by atoms with E-state index in [2.05, 4.69) is 15.1 Å². The van der Waals surface area contributed by atoms with Gasteiger partial charge in [0.2, 0.25) is 5.16 Å². The Balaban J connectivity index is 1.59. The van der Waals surface area contributed by atoms with Crippen LogP contribution in [0.15, 0.2) is 41.7 Å². The number of nitrogens with zero attached hydrogens (tertiary/aromatic N) is 4. The zero-order valence-electron chi connectivity index (χ0n) is 14.8. The number of aromatic nitrogens is 4. The third-order valence-electron chi connectivity index (χ3n) is 4.46. The monoisotopic (exact) mass is 382 g/mol. The summed E-state index contributed by atoms with van der Waals surface area (Å²) in [7, 11) is 0. The van der Waals surface area contributed by atoms with Gasteiger partial charge < -0.3 is 4.74 Å². The summed E-state index contributed by atoms with van der Waals surface area (Å²) >= 11 is 1.19. The largest absolute Gasteiger partial charge is 0.465 e. The zero-order valence-corrected chi connectivity index (χ0v) is 15.6. The molecule has 2 aromatic heterocycles. The molecule has 0 saturated heterocycles. The summed E-state index contributed by atoms with van der Waals surface area (Å²) in [5.74, 6) is 0.452. The third-order valence-corrected chi connectivity index (χ3v) is 5.27. The van der Waals surface area contributed by atoms with Crippen molar-refractivity contribution in [2.45, 2.75) is 30.8 Å². The Morgan fingerprint density at radius 2 is 2.07 bits per heavy atom. The minimum atomic E-state index is -0.311. The molecule has 27 heavy (non-hydrogen) atoms. The van der Waals surface area contributed by atoms with E-state index in [1.165, 1.54) is 16.3 Å². The van der Waals surface area contributed by atoms with E-state index >= 15 is 0 Å². The van der Waals surface area contributed by atoms with Crippen LogP contribution in [-0.4, -0.2) is 43.7 Å². The Labute approximate surface area is 160 Å². The van der Waals surface area contributed by atoms with Crippen LogP contribution in [0, 0.1) is 0 Å². The van der Waals surface area contributed by atoms with E-state index in [4.69, 9.17) is 4.74 Å². The molecule has 0 radical (unpaired) electrons. The number of fused-ring (bicyclic) bond motifs is 2. The smallest absolute Gasteiger partial charge is 0.316 e. The lowest BCUT2D eigenvalue weighted by Gasteiger charge is -2.22. The molecule has 2 heterocycles. The molecule has 0 unspecified atom stereocenters. The van der Waals surface area contributed by atoms with Crippen molar-refractivity contribution < 1.29 is 14.3 Å². The molecule has 7 nitrogen and oxygen atoms in total. The van der Waals surface area contributed by atoms with Crippen LogP contribution in [0.3, 0.4) is 0 Å². The van der Waals surface area contributed by atoms with Gasteiger partial charge in [0, 0.05) is 12.6 Å². The number of ketones is 1. The second kappa shape index (κ2) is 7.48. The first-order valence-electron chi connectivity index (χ1n) is 8.77. The predicted octanol–water partition coefficient (Wildman–Crippen LogP) is 2.69. The maximum atomic E-state index is 12.6. The molecule has 0 aliphatic heterocycles. The van der Waals surface area contributed by atoms with E-state index in [-0.39, 0.29) is 23.4 Å². The number of hydrogen-bond acceptors (Lipinski definition) is 7. The van der Waals surface area contributed by atoms with Gasteiger partial charge in [0.1, 0.15) is 0 Å². The molecule has 0 N–H and O–H groups in total. The predicted molar refractivity (Wildman–Crippen MR) is 100.0 cm³/mol. The number of Topliss-reactive ketones (excluding diaryl/α,β-unsaturated/α-hetero) is 1. The molecule has 3 aromatic rings. The van der Waals surface area contributed by atoms with E-state index in [9.17, 15) is 9.59 Å². The number of hydrogen-bond donors (Lipinski definition) is 0. The normalized spacial score (nSPS) is 16.3. The first-order valence-corrected chi connectivity index (χ1v) is 9.75. The summed E-state index contributed by atoms with van der Waals surface area (Å²) in [6.45, 7) is 2.11. The van der Waals surface area contributed by atoms with E-state index in [1.54, 1.807) is 13.1 Å². The van der Waals surface area contributed by atoms with Gasteiger partial charge in [-0.3, -0.25) is 9.59 Å². The fourth-order valence-corrected chi connectivity index (χ4v) is 3.83. The Bertz CT molecular complexity index is 1000. The summed E-state index contributed by atoms with van der Waals surface area (Å²) in [4.78, 5) is 33.1. The molecule has 8 heteroatoms. The van der Waals surface area contributed by atoms with Crippen molar-refractivity contribution >= 4 is 29.3 Å². The number of carbonyl (C=O) groups is 2. The van der Waals surface area contributed by atoms with Crippen LogP contribution in [0.1, 0.15) is 40.9 Å². The number of esters is 1. The highest BCUT2D eigenvalue weighted by Gasteiger charge is 2.28. The van der Waals surface area contributed by atoms with Gasteiger partial charge in [-0.2, -0.15) is 4.98 Å². The minimum Gasteiger partial charge on any atom is -0.465 e. The average Bonchev–Trinajstić information content (AvgIpc) is 3.07.